The van der Waals surface area contributed by atoms with Gasteiger partial charge < -0.3 is 10.5 Å². The smallest absolute Gasteiger partial charge is 0.232 e. The second-order valence-corrected chi connectivity index (χ2v) is 5.45. The highest BCUT2D eigenvalue weighted by molar-refractivity contribution is 9.10. The molecule has 0 fully saturated rings. The van der Waals surface area contributed by atoms with Crippen molar-refractivity contribution in [3.63, 3.8) is 0 Å². The molecule has 2 aromatic heterocycles. The van der Waals surface area contributed by atoms with Gasteiger partial charge in [0.1, 0.15) is 16.4 Å². The standard InChI is InChI=1S/C12H7BrFN3OS/c13-8-2-1-6(14)5-9(8)18-10-7-3-4-19-11(7)17-12(15)16-10/h1-5H,(H2,15,16,17). The SMILES string of the molecule is Nc1nc(Oc2cc(F)ccc2Br)c2ccsc2n1. The van der Waals surface area contributed by atoms with E-state index >= 15 is 0 Å². The third-order valence-corrected chi connectivity index (χ3v) is 3.87. The largest absolute Gasteiger partial charge is 0.437 e. The fraction of sp³-hybridized carbons (Fsp3) is 0. The van der Waals surface area contributed by atoms with Gasteiger partial charge in [-0.3, -0.25) is 0 Å². The summed E-state index contributed by atoms with van der Waals surface area (Å²) in [6.45, 7) is 0. The molecule has 19 heavy (non-hydrogen) atoms. The second kappa shape index (κ2) is 4.75. The van der Waals surface area contributed by atoms with Gasteiger partial charge in [-0.15, -0.1) is 11.3 Å². The van der Waals surface area contributed by atoms with Gasteiger partial charge in [0, 0.05) is 6.07 Å². The fourth-order valence-electron chi connectivity index (χ4n) is 1.58. The number of anilines is 1. The van der Waals surface area contributed by atoms with E-state index in [4.69, 9.17) is 10.5 Å². The van der Waals surface area contributed by atoms with E-state index in [-0.39, 0.29) is 11.8 Å². The molecule has 0 amide bonds. The van der Waals surface area contributed by atoms with E-state index in [0.717, 1.165) is 10.2 Å². The zero-order valence-corrected chi connectivity index (χ0v) is 11.8. The van der Waals surface area contributed by atoms with Crippen molar-refractivity contribution < 1.29 is 9.13 Å². The molecule has 0 saturated heterocycles. The lowest BCUT2D eigenvalue weighted by Gasteiger charge is -2.08. The molecule has 0 radical (unpaired) electrons. The van der Waals surface area contributed by atoms with Crippen LogP contribution in [0.15, 0.2) is 34.1 Å². The molecule has 0 bridgehead atoms. The summed E-state index contributed by atoms with van der Waals surface area (Å²) in [6.07, 6.45) is 0. The summed E-state index contributed by atoms with van der Waals surface area (Å²) in [5.41, 5.74) is 5.62. The minimum atomic E-state index is -0.387. The molecule has 0 atom stereocenters. The topological polar surface area (TPSA) is 61.0 Å². The molecule has 0 saturated carbocycles. The number of nitrogens with two attached hydrogens (primary N) is 1. The van der Waals surface area contributed by atoms with E-state index in [9.17, 15) is 4.39 Å². The molecule has 3 rings (SSSR count). The van der Waals surface area contributed by atoms with Crippen molar-refractivity contribution in [3.05, 3.63) is 39.9 Å². The fourth-order valence-corrected chi connectivity index (χ4v) is 2.67. The van der Waals surface area contributed by atoms with Crippen molar-refractivity contribution in [2.45, 2.75) is 0 Å². The number of thiophene rings is 1. The van der Waals surface area contributed by atoms with Crippen LogP contribution in [0, 0.1) is 5.82 Å². The Hall–Kier alpha value is -1.73. The lowest BCUT2D eigenvalue weighted by atomic mass is 10.3. The van der Waals surface area contributed by atoms with Gasteiger partial charge in [0.25, 0.3) is 0 Å². The molecule has 0 unspecified atom stereocenters. The third-order valence-electron chi connectivity index (χ3n) is 2.41. The van der Waals surface area contributed by atoms with Crippen molar-refractivity contribution in [3.8, 4) is 11.6 Å². The lowest BCUT2D eigenvalue weighted by Crippen LogP contribution is -1.97. The molecule has 1 aromatic carbocycles. The minimum absolute atomic E-state index is 0.123. The number of nitrogen functional groups attached to an aromatic ring is 1. The van der Waals surface area contributed by atoms with Crippen LogP contribution in [0.4, 0.5) is 10.3 Å². The van der Waals surface area contributed by atoms with E-state index in [0.29, 0.717) is 16.1 Å². The molecule has 0 aliphatic rings. The van der Waals surface area contributed by atoms with Crippen LogP contribution in [-0.2, 0) is 0 Å². The average Bonchev–Trinajstić information content (AvgIpc) is 2.82. The number of hydrogen-bond donors (Lipinski definition) is 1. The summed E-state index contributed by atoms with van der Waals surface area (Å²) in [5, 5.41) is 2.61. The predicted molar refractivity (Wildman–Crippen MR) is 76.0 cm³/mol. The Morgan fingerprint density at radius 2 is 2.11 bits per heavy atom. The van der Waals surface area contributed by atoms with Crippen LogP contribution in [0.1, 0.15) is 0 Å². The molecule has 96 valence electrons. The summed E-state index contributed by atoms with van der Waals surface area (Å²) in [7, 11) is 0. The van der Waals surface area contributed by atoms with E-state index in [1.54, 1.807) is 6.07 Å². The number of hydrogen-bond acceptors (Lipinski definition) is 5. The van der Waals surface area contributed by atoms with Crippen LogP contribution >= 0.6 is 27.3 Å². The van der Waals surface area contributed by atoms with Gasteiger partial charge >= 0.3 is 0 Å². The van der Waals surface area contributed by atoms with Gasteiger partial charge in [0.05, 0.1) is 9.86 Å². The van der Waals surface area contributed by atoms with Crippen LogP contribution < -0.4 is 10.5 Å². The van der Waals surface area contributed by atoms with Gasteiger partial charge in [-0.05, 0) is 39.5 Å². The maximum atomic E-state index is 13.2. The first kappa shape index (κ1) is 12.3. The Bertz CT molecular complexity index is 762. The van der Waals surface area contributed by atoms with Crippen molar-refractivity contribution in [1.82, 2.24) is 9.97 Å². The molecule has 0 aliphatic carbocycles. The number of halogens is 2. The van der Waals surface area contributed by atoms with Crippen LogP contribution in [0.25, 0.3) is 10.2 Å². The second-order valence-electron chi connectivity index (χ2n) is 3.70. The highest BCUT2D eigenvalue weighted by Crippen LogP contribution is 2.34. The molecule has 3 aromatic rings. The number of rotatable bonds is 2. The van der Waals surface area contributed by atoms with E-state index in [2.05, 4.69) is 25.9 Å². The maximum absolute atomic E-state index is 13.2. The van der Waals surface area contributed by atoms with Gasteiger partial charge in [0.15, 0.2) is 0 Å². The Kier molecular flexibility index (Phi) is 3.08. The summed E-state index contributed by atoms with van der Waals surface area (Å²) >= 11 is 4.73. The summed E-state index contributed by atoms with van der Waals surface area (Å²) in [5.74, 6) is 0.389. The van der Waals surface area contributed by atoms with Gasteiger partial charge in [-0.2, -0.15) is 4.98 Å². The first-order valence-corrected chi connectivity index (χ1v) is 6.94. The normalized spacial score (nSPS) is 10.8. The Balaban J connectivity index is 2.10. The molecular formula is C12H7BrFN3OS. The first-order chi connectivity index (χ1) is 9.13. The quantitative estimate of drug-likeness (QED) is 0.767. The van der Waals surface area contributed by atoms with Crippen LogP contribution in [0.5, 0.6) is 11.6 Å². The molecular weight excluding hydrogens is 333 g/mol. The zero-order valence-electron chi connectivity index (χ0n) is 9.43. The van der Waals surface area contributed by atoms with Crippen molar-refractivity contribution in [2.75, 3.05) is 5.73 Å². The van der Waals surface area contributed by atoms with Crippen molar-refractivity contribution in [2.24, 2.45) is 0 Å². The average molecular weight is 340 g/mol. The maximum Gasteiger partial charge on any atom is 0.232 e. The monoisotopic (exact) mass is 339 g/mol. The molecule has 2 heterocycles. The van der Waals surface area contributed by atoms with Crippen LogP contribution in [0.3, 0.4) is 0 Å². The number of aromatic nitrogens is 2. The Morgan fingerprint density at radius 1 is 1.26 bits per heavy atom. The molecule has 7 heteroatoms. The molecule has 4 nitrogen and oxygen atoms in total. The molecule has 2 N–H and O–H groups in total. The lowest BCUT2D eigenvalue weighted by molar-refractivity contribution is 0.461. The number of nitrogens with zero attached hydrogens (tertiary/aromatic N) is 2. The van der Waals surface area contributed by atoms with Gasteiger partial charge in [-0.1, -0.05) is 0 Å². The van der Waals surface area contributed by atoms with Gasteiger partial charge in [-0.25, -0.2) is 9.37 Å². The van der Waals surface area contributed by atoms with E-state index in [1.807, 2.05) is 11.4 Å². The van der Waals surface area contributed by atoms with E-state index < -0.39 is 0 Å². The predicted octanol–water partition coefficient (Wildman–Crippen LogP) is 3.97. The molecule has 0 spiro atoms. The highest BCUT2D eigenvalue weighted by atomic mass is 79.9. The summed E-state index contributed by atoms with van der Waals surface area (Å²) in [4.78, 5) is 8.88. The third kappa shape index (κ3) is 2.39. The Morgan fingerprint density at radius 3 is 2.95 bits per heavy atom. The van der Waals surface area contributed by atoms with Gasteiger partial charge in [0.2, 0.25) is 11.8 Å². The summed E-state index contributed by atoms with van der Waals surface area (Å²) < 4.78 is 19.5. The van der Waals surface area contributed by atoms with E-state index in [1.165, 1.54) is 23.5 Å². The van der Waals surface area contributed by atoms with Crippen molar-refractivity contribution in [1.29, 1.82) is 0 Å². The number of ether oxygens (including phenoxy) is 1. The van der Waals surface area contributed by atoms with Crippen molar-refractivity contribution >= 4 is 43.4 Å². The Labute approximate surface area is 120 Å². The zero-order chi connectivity index (χ0) is 13.4. The summed E-state index contributed by atoms with van der Waals surface area (Å²) in [6, 6.07) is 6.02. The first-order valence-electron chi connectivity index (χ1n) is 5.27. The molecule has 0 aliphatic heterocycles. The minimum Gasteiger partial charge on any atom is -0.437 e. The number of fused-ring (bicyclic) bond motifs is 1. The number of benzene rings is 1. The van der Waals surface area contributed by atoms with Crippen LogP contribution in [0.2, 0.25) is 0 Å². The van der Waals surface area contributed by atoms with Crippen LogP contribution in [-0.4, -0.2) is 9.97 Å². The highest BCUT2D eigenvalue weighted by Gasteiger charge is 2.12.